The van der Waals surface area contributed by atoms with Gasteiger partial charge in [-0.2, -0.15) is 0 Å². The van der Waals surface area contributed by atoms with Crippen LogP contribution in [-0.2, 0) is 11.2 Å². The number of nitrogens with zero attached hydrogens (tertiary/aromatic N) is 1. The Labute approximate surface area is 130 Å². The molecule has 1 aliphatic rings. The SMILES string of the molecule is CC(O)C1CCN(C(=O)C(Cc2ccccc2)C(N)=S)C1. The summed E-state index contributed by atoms with van der Waals surface area (Å²) in [4.78, 5) is 14.7. The van der Waals surface area contributed by atoms with Crippen LogP contribution in [-0.4, -0.2) is 40.1 Å². The number of rotatable bonds is 5. The molecule has 1 saturated heterocycles. The molecule has 0 spiro atoms. The number of nitrogens with two attached hydrogens (primary N) is 1. The Morgan fingerprint density at radius 3 is 2.67 bits per heavy atom. The van der Waals surface area contributed by atoms with Gasteiger partial charge in [0, 0.05) is 19.0 Å². The molecule has 5 heteroatoms. The lowest BCUT2D eigenvalue weighted by Crippen LogP contribution is -2.41. The van der Waals surface area contributed by atoms with E-state index in [-0.39, 0.29) is 22.9 Å². The van der Waals surface area contributed by atoms with Gasteiger partial charge in [-0.1, -0.05) is 42.5 Å². The number of carbonyl (C=O) groups excluding carboxylic acids is 1. The third-order valence-electron chi connectivity index (χ3n) is 4.14. The highest BCUT2D eigenvalue weighted by Crippen LogP contribution is 2.22. The summed E-state index contributed by atoms with van der Waals surface area (Å²) in [6.45, 7) is 3.03. The standard InChI is InChI=1S/C16H22N2O2S/c1-11(19)13-7-8-18(10-13)16(20)14(15(17)21)9-12-5-3-2-4-6-12/h2-6,11,13-14,19H,7-10H2,1H3,(H2,17,21). The van der Waals surface area contributed by atoms with Gasteiger partial charge in [-0.15, -0.1) is 0 Å². The van der Waals surface area contributed by atoms with Crippen LogP contribution in [0.3, 0.4) is 0 Å². The molecule has 3 atom stereocenters. The van der Waals surface area contributed by atoms with Crippen molar-refractivity contribution in [2.75, 3.05) is 13.1 Å². The molecular weight excluding hydrogens is 284 g/mol. The van der Waals surface area contributed by atoms with Crippen molar-refractivity contribution in [2.45, 2.75) is 25.9 Å². The molecule has 0 radical (unpaired) electrons. The first-order valence-electron chi connectivity index (χ1n) is 7.29. The summed E-state index contributed by atoms with van der Waals surface area (Å²) in [5.41, 5.74) is 6.83. The molecule has 0 bridgehead atoms. The van der Waals surface area contributed by atoms with Crippen molar-refractivity contribution in [2.24, 2.45) is 17.6 Å². The maximum absolute atomic E-state index is 12.6. The first-order valence-corrected chi connectivity index (χ1v) is 7.70. The fourth-order valence-corrected chi connectivity index (χ4v) is 2.95. The average molecular weight is 306 g/mol. The number of hydrogen-bond acceptors (Lipinski definition) is 3. The Morgan fingerprint density at radius 2 is 2.14 bits per heavy atom. The van der Waals surface area contributed by atoms with Crippen LogP contribution in [0.5, 0.6) is 0 Å². The molecule has 0 aromatic heterocycles. The number of aliphatic hydroxyl groups is 1. The van der Waals surface area contributed by atoms with E-state index in [9.17, 15) is 9.90 Å². The Kier molecular flexibility index (Phi) is 5.31. The Balaban J connectivity index is 2.05. The monoisotopic (exact) mass is 306 g/mol. The molecule has 1 aromatic carbocycles. The van der Waals surface area contributed by atoms with E-state index in [1.165, 1.54) is 0 Å². The molecule has 2 rings (SSSR count). The van der Waals surface area contributed by atoms with E-state index in [1.54, 1.807) is 11.8 Å². The van der Waals surface area contributed by atoms with Crippen LogP contribution in [0.25, 0.3) is 0 Å². The van der Waals surface area contributed by atoms with E-state index in [2.05, 4.69) is 0 Å². The van der Waals surface area contributed by atoms with Crippen molar-refractivity contribution in [3.8, 4) is 0 Å². The molecule has 1 heterocycles. The lowest BCUT2D eigenvalue weighted by Gasteiger charge is -2.23. The van der Waals surface area contributed by atoms with Gasteiger partial charge in [0.25, 0.3) is 0 Å². The van der Waals surface area contributed by atoms with Crippen LogP contribution in [0.2, 0.25) is 0 Å². The quantitative estimate of drug-likeness (QED) is 0.806. The first kappa shape index (κ1) is 15.9. The average Bonchev–Trinajstić information content (AvgIpc) is 2.95. The number of amides is 1. The summed E-state index contributed by atoms with van der Waals surface area (Å²) in [7, 11) is 0. The van der Waals surface area contributed by atoms with E-state index in [4.69, 9.17) is 18.0 Å². The second kappa shape index (κ2) is 7.00. The van der Waals surface area contributed by atoms with Crippen LogP contribution < -0.4 is 5.73 Å². The lowest BCUT2D eigenvalue weighted by molar-refractivity contribution is -0.132. The van der Waals surface area contributed by atoms with E-state index in [1.807, 2.05) is 30.3 Å². The third-order valence-corrected chi connectivity index (χ3v) is 4.43. The maximum atomic E-state index is 12.6. The van der Waals surface area contributed by atoms with Crippen LogP contribution in [0.15, 0.2) is 30.3 Å². The van der Waals surface area contributed by atoms with Gasteiger partial charge in [-0.3, -0.25) is 4.79 Å². The fraction of sp³-hybridized carbons (Fsp3) is 0.500. The largest absolute Gasteiger partial charge is 0.393 e. The zero-order valence-electron chi connectivity index (χ0n) is 12.2. The van der Waals surface area contributed by atoms with Crippen LogP contribution in [0, 0.1) is 11.8 Å². The van der Waals surface area contributed by atoms with E-state index < -0.39 is 5.92 Å². The predicted molar refractivity (Wildman–Crippen MR) is 86.8 cm³/mol. The number of hydrogen-bond donors (Lipinski definition) is 2. The normalized spacial score (nSPS) is 21.0. The van der Waals surface area contributed by atoms with Gasteiger partial charge in [-0.05, 0) is 25.3 Å². The van der Waals surface area contributed by atoms with Crippen molar-refractivity contribution in [1.29, 1.82) is 0 Å². The highest BCUT2D eigenvalue weighted by molar-refractivity contribution is 7.80. The Bertz CT molecular complexity index is 504. The third kappa shape index (κ3) is 4.02. The number of thiocarbonyl (C=S) groups is 1. The molecule has 1 fully saturated rings. The Morgan fingerprint density at radius 1 is 1.48 bits per heavy atom. The van der Waals surface area contributed by atoms with Crippen molar-refractivity contribution < 1.29 is 9.90 Å². The van der Waals surface area contributed by atoms with Gasteiger partial charge in [0.2, 0.25) is 5.91 Å². The summed E-state index contributed by atoms with van der Waals surface area (Å²) in [6.07, 6.45) is 0.976. The van der Waals surface area contributed by atoms with Crippen molar-refractivity contribution in [1.82, 2.24) is 4.90 Å². The highest BCUT2D eigenvalue weighted by Gasteiger charge is 2.33. The maximum Gasteiger partial charge on any atom is 0.232 e. The summed E-state index contributed by atoms with van der Waals surface area (Å²) in [6, 6.07) is 9.77. The molecule has 3 unspecified atom stereocenters. The molecule has 21 heavy (non-hydrogen) atoms. The summed E-state index contributed by atoms with van der Waals surface area (Å²) >= 11 is 5.09. The van der Waals surface area contributed by atoms with Gasteiger partial charge in [0.1, 0.15) is 0 Å². The molecule has 1 aromatic rings. The summed E-state index contributed by atoms with van der Waals surface area (Å²) in [5.74, 6) is -0.331. The van der Waals surface area contributed by atoms with Gasteiger partial charge >= 0.3 is 0 Å². The fourth-order valence-electron chi connectivity index (χ4n) is 2.76. The molecule has 1 amide bonds. The number of likely N-dealkylation sites (tertiary alicyclic amines) is 1. The van der Waals surface area contributed by atoms with Crippen LogP contribution in [0.1, 0.15) is 18.9 Å². The zero-order valence-corrected chi connectivity index (χ0v) is 13.1. The molecule has 0 aliphatic carbocycles. The summed E-state index contributed by atoms with van der Waals surface area (Å²) in [5, 5.41) is 9.65. The predicted octanol–water partition coefficient (Wildman–Crippen LogP) is 1.36. The van der Waals surface area contributed by atoms with Gasteiger partial charge in [-0.25, -0.2) is 0 Å². The second-order valence-corrected chi connectivity index (χ2v) is 6.19. The smallest absolute Gasteiger partial charge is 0.232 e. The van der Waals surface area contributed by atoms with Crippen LogP contribution >= 0.6 is 12.2 Å². The lowest BCUT2D eigenvalue weighted by atomic mass is 9.98. The Hall–Kier alpha value is -1.46. The second-order valence-electron chi connectivity index (χ2n) is 5.72. The van der Waals surface area contributed by atoms with Gasteiger partial charge < -0.3 is 15.7 Å². The highest BCUT2D eigenvalue weighted by atomic mass is 32.1. The van der Waals surface area contributed by atoms with Crippen molar-refractivity contribution in [3.05, 3.63) is 35.9 Å². The van der Waals surface area contributed by atoms with E-state index in [0.29, 0.717) is 19.5 Å². The van der Waals surface area contributed by atoms with Gasteiger partial charge in [0.15, 0.2) is 0 Å². The molecular formula is C16H22N2O2S. The topological polar surface area (TPSA) is 66.6 Å². The van der Waals surface area contributed by atoms with E-state index >= 15 is 0 Å². The molecule has 0 saturated carbocycles. The minimum Gasteiger partial charge on any atom is -0.393 e. The van der Waals surface area contributed by atoms with Crippen molar-refractivity contribution in [3.63, 3.8) is 0 Å². The molecule has 114 valence electrons. The summed E-state index contributed by atoms with van der Waals surface area (Å²) < 4.78 is 0. The first-order chi connectivity index (χ1) is 9.99. The molecule has 4 nitrogen and oxygen atoms in total. The number of carbonyl (C=O) groups is 1. The zero-order chi connectivity index (χ0) is 15.4. The number of aliphatic hydroxyl groups excluding tert-OH is 1. The number of benzene rings is 1. The van der Waals surface area contributed by atoms with Crippen molar-refractivity contribution >= 4 is 23.1 Å². The van der Waals surface area contributed by atoms with E-state index in [0.717, 1.165) is 12.0 Å². The van der Waals surface area contributed by atoms with Crippen LogP contribution in [0.4, 0.5) is 0 Å². The minimum absolute atomic E-state index is 0.0190. The molecule has 1 aliphatic heterocycles. The molecule has 3 N–H and O–H groups in total. The van der Waals surface area contributed by atoms with Gasteiger partial charge in [0.05, 0.1) is 17.0 Å². The minimum atomic E-state index is -0.463.